The Labute approximate surface area is 506 Å². The standard InChI is InChI=1S/C15H22O2.C11H21NO2S.C8H10O4.2C7H13NO2S.C5H8O2.2C4H6O2/c1-9(2)14(16)17-15(3)12-5-10-4-11(7-12)8-13(15)6-10;1-11(2,3)12-15(13,14)10-7-8-4-5-9(10)6-8;1-5(2)7(9)12-6-3-4-11-8(6)10;2*8-11(9,10)7-4-5-1-2-6(7)3-5;1-4(2)5(6)7-3;2*1-3-4(5)6-2/h10-13H,1,4-8H2,2-3H3;8-10,12H,4-7H2,1-3H3;6H,1,3-4H2,2H3;2*5-7H,1-4H2,(H2,8,9,10);1H2,2-3H3;2*3H,1H2,2H3. The SMILES string of the molecule is C=C(C)C(=O)OC.C=C(C)C(=O)OC1(C)C2CC3CC(C2)CC1C3.C=C(C)C(=O)OC1CCOC1=O.C=CC(=O)OC.C=CC(=O)OC.CC(C)(C)NS(=O)(=O)C1CC2CCC1C2.NS(=O)(=O)C1CC2CCC1C2.NS(=O)(=O)C1CC2CCC1C2. The summed E-state index contributed by atoms with van der Waals surface area (Å²) in [7, 11) is -5.62. The fraction of sp³-hybridized carbons (Fsp3) is 0.738. The molecule has 1 heterocycles. The molecule has 0 radical (unpaired) electrons. The summed E-state index contributed by atoms with van der Waals surface area (Å²) < 4.78 is 98.8. The molecule has 10 saturated carbocycles. The minimum atomic E-state index is -3.23. The minimum absolute atomic E-state index is 0.115. The number of fused-ring (bicyclic) bond motifs is 6. The van der Waals surface area contributed by atoms with Gasteiger partial charge in [0.05, 0.1) is 43.7 Å². The van der Waals surface area contributed by atoms with Gasteiger partial charge in [0, 0.05) is 40.8 Å². The highest BCUT2D eigenvalue weighted by Gasteiger charge is 2.57. The van der Waals surface area contributed by atoms with Gasteiger partial charge >= 0.3 is 35.8 Å². The van der Waals surface area contributed by atoms with E-state index in [4.69, 9.17) is 19.8 Å². The number of cyclic esters (lactones) is 1. The van der Waals surface area contributed by atoms with Crippen LogP contribution in [-0.2, 0) is 87.3 Å². The summed E-state index contributed by atoms with van der Waals surface area (Å²) in [4.78, 5) is 63.4. The van der Waals surface area contributed by atoms with Crippen molar-refractivity contribution in [3.63, 3.8) is 0 Å². The molecule has 10 bridgehead atoms. The molecule has 85 heavy (non-hydrogen) atoms. The zero-order chi connectivity index (χ0) is 64.6. The van der Waals surface area contributed by atoms with Crippen LogP contribution >= 0.6 is 0 Å². The first-order valence-corrected chi connectivity index (χ1v) is 34.2. The van der Waals surface area contributed by atoms with Gasteiger partial charge in [0.25, 0.3) is 0 Å². The Morgan fingerprint density at radius 3 is 1.15 bits per heavy atom. The molecule has 0 amide bonds. The van der Waals surface area contributed by atoms with Gasteiger partial charge in [-0.2, -0.15) is 0 Å². The molecule has 1 aliphatic heterocycles. The van der Waals surface area contributed by atoms with E-state index in [-0.39, 0.29) is 44.4 Å². The highest BCUT2D eigenvalue weighted by molar-refractivity contribution is 7.90. The zero-order valence-corrected chi connectivity index (χ0v) is 54.4. The summed E-state index contributed by atoms with van der Waals surface area (Å²) in [6, 6.07) is 0. The Bertz CT molecular complexity index is 2650. The number of carbonyl (C=O) groups is 6. The van der Waals surface area contributed by atoms with Crippen LogP contribution in [0, 0.1) is 59.2 Å². The molecule has 21 nitrogen and oxygen atoms in total. The van der Waals surface area contributed by atoms with Crippen LogP contribution in [0.15, 0.2) is 61.8 Å². The monoisotopic (exact) mass is 1260 g/mol. The topological polar surface area (TPSA) is 324 Å². The first kappa shape index (κ1) is 74.5. The van der Waals surface area contributed by atoms with E-state index >= 15 is 0 Å². The molecule has 11 aliphatic rings. The van der Waals surface area contributed by atoms with E-state index in [1.165, 1.54) is 79.6 Å². The molecular weight excluding hydrogens is 1160 g/mol. The lowest BCUT2D eigenvalue weighted by Crippen LogP contribution is -2.58. The minimum Gasteiger partial charge on any atom is -0.466 e. The van der Waals surface area contributed by atoms with Crippen LogP contribution in [0.5, 0.6) is 0 Å². The maximum Gasteiger partial charge on any atom is 0.347 e. The fourth-order valence-electron chi connectivity index (χ4n) is 14.0. The third-order valence-electron chi connectivity index (χ3n) is 17.9. The number of primary sulfonamides is 2. The second-order valence-electron chi connectivity index (χ2n) is 25.7. The molecule has 24 heteroatoms. The predicted octanol–water partition coefficient (Wildman–Crippen LogP) is 7.99. The van der Waals surface area contributed by atoms with Gasteiger partial charge in [-0.3, -0.25) is 0 Å². The maximum atomic E-state index is 12.1. The molecule has 0 spiro atoms. The number of rotatable bonds is 11. The predicted molar refractivity (Wildman–Crippen MR) is 324 cm³/mol. The van der Waals surface area contributed by atoms with E-state index in [1.54, 1.807) is 13.8 Å². The Hall–Kier alpha value is -4.75. The summed E-state index contributed by atoms with van der Waals surface area (Å²) in [6.07, 6.45) is 21.3. The van der Waals surface area contributed by atoms with Gasteiger partial charge in [-0.15, -0.1) is 0 Å². The van der Waals surface area contributed by atoms with Crippen LogP contribution in [-0.4, -0.2) is 122 Å². The van der Waals surface area contributed by atoms with Crippen LogP contribution in [0.3, 0.4) is 0 Å². The molecule has 11 fully saturated rings. The molecule has 10 atom stereocenters. The first-order valence-electron chi connectivity index (χ1n) is 29.4. The molecule has 10 aliphatic carbocycles. The molecule has 0 aromatic heterocycles. The lowest BCUT2D eigenvalue weighted by Gasteiger charge is -2.59. The highest BCUT2D eigenvalue weighted by atomic mass is 32.2. The number of carbonyl (C=O) groups excluding carboxylic acids is 6. The van der Waals surface area contributed by atoms with E-state index in [9.17, 15) is 54.0 Å². The average molecular weight is 1260 g/mol. The van der Waals surface area contributed by atoms with Gasteiger partial charge in [-0.1, -0.05) is 52.2 Å². The van der Waals surface area contributed by atoms with Crippen LogP contribution < -0.4 is 15.0 Å². The molecule has 5 N–H and O–H groups in total. The van der Waals surface area contributed by atoms with Crippen LogP contribution in [0.1, 0.15) is 164 Å². The fourth-order valence-corrected chi connectivity index (χ4v) is 18.9. The van der Waals surface area contributed by atoms with Crippen molar-refractivity contribution in [2.45, 2.75) is 197 Å². The Kier molecular flexibility index (Phi) is 28.5. The zero-order valence-electron chi connectivity index (χ0n) is 51.9. The van der Waals surface area contributed by atoms with Gasteiger partial charge in [-0.05, 0) is 198 Å². The normalized spacial score (nSPS) is 31.6. The molecule has 484 valence electrons. The summed E-state index contributed by atoms with van der Waals surface area (Å²) in [5.41, 5.74) is 0.696. The summed E-state index contributed by atoms with van der Waals surface area (Å²) in [5.74, 6) is 3.86. The van der Waals surface area contributed by atoms with Gasteiger partial charge in [0.1, 0.15) is 5.60 Å². The smallest absolute Gasteiger partial charge is 0.347 e. The van der Waals surface area contributed by atoms with Gasteiger partial charge in [0.15, 0.2) is 0 Å². The van der Waals surface area contributed by atoms with E-state index < -0.39 is 60.1 Å². The Morgan fingerprint density at radius 1 is 0.553 bits per heavy atom. The van der Waals surface area contributed by atoms with Crippen LogP contribution in [0.25, 0.3) is 0 Å². The quantitative estimate of drug-likeness (QED) is 0.100. The molecular formula is C61H99N3O18S3. The van der Waals surface area contributed by atoms with E-state index in [0.717, 1.165) is 81.8 Å². The van der Waals surface area contributed by atoms with Crippen molar-refractivity contribution in [1.82, 2.24) is 4.72 Å². The van der Waals surface area contributed by atoms with Crippen molar-refractivity contribution < 1.29 is 82.4 Å². The molecule has 11 rings (SSSR count). The summed E-state index contributed by atoms with van der Waals surface area (Å²) >= 11 is 0. The number of nitrogens with one attached hydrogen (secondary N) is 1. The number of hydrogen-bond donors (Lipinski definition) is 3. The number of sulfonamides is 3. The number of ether oxygens (including phenoxy) is 6. The molecule has 10 unspecified atom stereocenters. The number of nitrogens with two attached hydrogens (primary N) is 2. The lowest BCUT2D eigenvalue weighted by molar-refractivity contribution is -0.199. The first-order chi connectivity index (χ1) is 39.3. The van der Waals surface area contributed by atoms with Gasteiger partial charge in [-0.25, -0.2) is 69.0 Å². The summed E-state index contributed by atoms with van der Waals surface area (Å²) in [5, 5.41) is 9.67. The van der Waals surface area contributed by atoms with Crippen molar-refractivity contribution in [2.75, 3.05) is 27.9 Å². The number of hydrogen-bond acceptors (Lipinski definition) is 18. The summed E-state index contributed by atoms with van der Waals surface area (Å²) in [6.45, 7) is 29.8. The molecule has 0 aromatic carbocycles. The van der Waals surface area contributed by atoms with Crippen LogP contribution in [0.2, 0.25) is 0 Å². The van der Waals surface area contributed by atoms with Gasteiger partial charge in [0.2, 0.25) is 36.2 Å². The van der Waals surface area contributed by atoms with Crippen molar-refractivity contribution in [3.8, 4) is 0 Å². The average Bonchev–Trinajstić information content (AvgIpc) is 1.84. The Balaban J connectivity index is 0.000000261. The van der Waals surface area contributed by atoms with E-state index in [0.29, 0.717) is 71.5 Å². The maximum absolute atomic E-state index is 12.1. The second-order valence-corrected chi connectivity index (χ2v) is 31.2. The van der Waals surface area contributed by atoms with Crippen molar-refractivity contribution in [2.24, 2.45) is 69.5 Å². The van der Waals surface area contributed by atoms with Crippen molar-refractivity contribution in [3.05, 3.63) is 61.8 Å². The number of methoxy groups -OCH3 is 3. The molecule has 0 aromatic rings. The third kappa shape index (κ3) is 23.0. The van der Waals surface area contributed by atoms with E-state index in [2.05, 4.69) is 63.5 Å². The van der Waals surface area contributed by atoms with E-state index in [1.807, 2.05) is 20.8 Å². The molecule has 1 saturated heterocycles. The second kappa shape index (κ2) is 32.5. The third-order valence-corrected chi connectivity index (χ3v) is 23.0. The lowest BCUT2D eigenvalue weighted by atomic mass is 9.50. The number of esters is 6. The highest BCUT2D eigenvalue weighted by Crippen LogP contribution is 2.59. The van der Waals surface area contributed by atoms with Crippen LogP contribution in [0.4, 0.5) is 0 Å². The van der Waals surface area contributed by atoms with Gasteiger partial charge < -0.3 is 28.4 Å². The largest absolute Gasteiger partial charge is 0.466 e. The Morgan fingerprint density at radius 2 is 0.929 bits per heavy atom. The van der Waals surface area contributed by atoms with Crippen molar-refractivity contribution >= 4 is 65.9 Å². The van der Waals surface area contributed by atoms with Crippen molar-refractivity contribution in [1.29, 1.82) is 0 Å².